The highest BCUT2D eigenvalue weighted by Gasteiger charge is 2.12. The predicted molar refractivity (Wildman–Crippen MR) is 94.3 cm³/mol. The molecule has 2 aromatic carbocycles. The smallest absolute Gasteiger partial charge is 0.249 e. The maximum Gasteiger partial charge on any atom is 0.249 e. The molecule has 0 aliphatic carbocycles. The lowest BCUT2D eigenvalue weighted by atomic mass is 10.2. The van der Waals surface area contributed by atoms with Gasteiger partial charge >= 0.3 is 0 Å². The van der Waals surface area contributed by atoms with Crippen LogP contribution in [-0.2, 0) is 6.54 Å². The van der Waals surface area contributed by atoms with Gasteiger partial charge < -0.3 is 20.1 Å². The van der Waals surface area contributed by atoms with E-state index >= 15 is 0 Å². The van der Waals surface area contributed by atoms with Gasteiger partial charge in [0.2, 0.25) is 5.95 Å². The molecule has 3 aromatic rings. The minimum Gasteiger partial charge on any atom is -0.486 e. The van der Waals surface area contributed by atoms with Crippen LogP contribution in [0.15, 0.2) is 48.7 Å². The van der Waals surface area contributed by atoms with Crippen LogP contribution in [0.5, 0.6) is 11.5 Å². The standard InChI is InChI=1S/C18H16FN5O2/c19-13-3-1-12(2-4-13)10-20-17-11-21-24-18(23-17)22-14-5-6-15-16(9-14)26-8-7-25-15/h1-6,9,11H,7-8,10H2,(H2,20,22,23,24). The number of hydrogen-bond donors (Lipinski definition) is 2. The molecule has 0 fully saturated rings. The van der Waals surface area contributed by atoms with E-state index in [1.807, 2.05) is 18.2 Å². The molecule has 2 heterocycles. The first kappa shape index (κ1) is 16.1. The fraction of sp³-hybridized carbons (Fsp3) is 0.167. The second-order valence-corrected chi connectivity index (χ2v) is 5.63. The average molecular weight is 353 g/mol. The Bertz CT molecular complexity index is 904. The third-order valence-corrected chi connectivity index (χ3v) is 3.74. The summed E-state index contributed by atoms with van der Waals surface area (Å²) in [6, 6.07) is 11.8. The molecule has 2 N–H and O–H groups in total. The largest absolute Gasteiger partial charge is 0.486 e. The SMILES string of the molecule is Fc1ccc(CNc2cnnc(Nc3ccc4c(c3)OCCO4)n2)cc1. The molecule has 1 aliphatic rings. The van der Waals surface area contributed by atoms with Crippen LogP contribution in [0.2, 0.25) is 0 Å². The summed E-state index contributed by atoms with van der Waals surface area (Å²) in [5.74, 6) is 2.05. The van der Waals surface area contributed by atoms with E-state index in [-0.39, 0.29) is 5.82 Å². The molecule has 0 amide bonds. The van der Waals surface area contributed by atoms with Crippen molar-refractivity contribution in [3.05, 3.63) is 60.0 Å². The minimum absolute atomic E-state index is 0.261. The van der Waals surface area contributed by atoms with Crippen molar-refractivity contribution >= 4 is 17.5 Å². The molecule has 26 heavy (non-hydrogen) atoms. The Morgan fingerprint density at radius 2 is 1.81 bits per heavy atom. The summed E-state index contributed by atoms with van der Waals surface area (Å²) in [4.78, 5) is 4.37. The van der Waals surface area contributed by atoms with Crippen LogP contribution < -0.4 is 20.1 Å². The van der Waals surface area contributed by atoms with Gasteiger partial charge in [0.15, 0.2) is 17.3 Å². The number of hydrogen-bond acceptors (Lipinski definition) is 7. The summed E-state index contributed by atoms with van der Waals surface area (Å²) < 4.78 is 24.0. The van der Waals surface area contributed by atoms with Gasteiger partial charge in [0, 0.05) is 18.3 Å². The summed E-state index contributed by atoms with van der Waals surface area (Å²) in [5, 5.41) is 14.1. The van der Waals surface area contributed by atoms with Crippen LogP contribution in [0.25, 0.3) is 0 Å². The van der Waals surface area contributed by atoms with E-state index in [0.29, 0.717) is 37.3 Å². The zero-order chi connectivity index (χ0) is 17.8. The first-order valence-corrected chi connectivity index (χ1v) is 8.11. The van der Waals surface area contributed by atoms with Crippen LogP contribution in [0.3, 0.4) is 0 Å². The predicted octanol–water partition coefficient (Wildman–Crippen LogP) is 3.14. The highest BCUT2D eigenvalue weighted by Crippen LogP contribution is 2.33. The molecule has 0 saturated heterocycles. The van der Waals surface area contributed by atoms with E-state index in [1.165, 1.54) is 18.3 Å². The molecule has 1 aliphatic heterocycles. The van der Waals surface area contributed by atoms with Gasteiger partial charge in [-0.05, 0) is 29.8 Å². The van der Waals surface area contributed by atoms with Crippen molar-refractivity contribution in [2.24, 2.45) is 0 Å². The minimum atomic E-state index is -0.261. The highest BCUT2D eigenvalue weighted by molar-refractivity contribution is 5.60. The molecular formula is C18H16FN5O2. The molecule has 4 rings (SSSR count). The number of nitrogens with one attached hydrogen (secondary N) is 2. The van der Waals surface area contributed by atoms with Crippen LogP contribution in [0, 0.1) is 5.82 Å². The van der Waals surface area contributed by atoms with E-state index in [9.17, 15) is 4.39 Å². The second-order valence-electron chi connectivity index (χ2n) is 5.63. The van der Waals surface area contributed by atoms with Crippen molar-refractivity contribution in [2.75, 3.05) is 23.8 Å². The molecule has 0 unspecified atom stereocenters. The number of ether oxygens (including phenoxy) is 2. The van der Waals surface area contributed by atoms with Gasteiger partial charge in [0.1, 0.15) is 19.0 Å². The van der Waals surface area contributed by atoms with Crippen molar-refractivity contribution in [2.45, 2.75) is 6.54 Å². The molecule has 7 nitrogen and oxygen atoms in total. The molecule has 8 heteroatoms. The monoisotopic (exact) mass is 353 g/mol. The maximum absolute atomic E-state index is 12.9. The average Bonchev–Trinajstić information content (AvgIpc) is 2.68. The summed E-state index contributed by atoms with van der Waals surface area (Å²) in [6.07, 6.45) is 1.53. The lowest BCUT2D eigenvalue weighted by Crippen LogP contribution is -2.15. The Kier molecular flexibility index (Phi) is 4.46. The molecule has 0 saturated carbocycles. The van der Waals surface area contributed by atoms with Gasteiger partial charge in [-0.1, -0.05) is 12.1 Å². The van der Waals surface area contributed by atoms with Gasteiger partial charge in [-0.15, -0.1) is 5.10 Å². The number of aromatic nitrogens is 3. The Morgan fingerprint density at radius 1 is 1.00 bits per heavy atom. The van der Waals surface area contributed by atoms with Gasteiger partial charge in [0.25, 0.3) is 0 Å². The number of nitrogens with zero attached hydrogens (tertiary/aromatic N) is 3. The number of fused-ring (bicyclic) bond motifs is 1. The molecule has 0 atom stereocenters. The quantitative estimate of drug-likeness (QED) is 0.729. The Labute approximate surface area is 149 Å². The lowest BCUT2D eigenvalue weighted by Gasteiger charge is -2.19. The normalized spacial score (nSPS) is 12.5. The molecule has 132 valence electrons. The van der Waals surface area contributed by atoms with E-state index in [0.717, 1.165) is 17.0 Å². The maximum atomic E-state index is 12.9. The van der Waals surface area contributed by atoms with Gasteiger partial charge in [0.05, 0.1) is 6.20 Å². The fourth-order valence-electron chi connectivity index (χ4n) is 2.49. The van der Waals surface area contributed by atoms with Crippen LogP contribution in [0.1, 0.15) is 5.56 Å². The third kappa shape index (κ3) is 3.80. The fourth-order valence-corrected chi connectivity index (χ4v) is 2.49. The van der Waals surface area contributed by atoms with E-state index in [4.69, 9.17) is 9.47 Å². The number of halogens is 1. The topological polar surface area (TPSA) is 81.2 Å². The number of anilines is 3. The molecule has 0 radical (unpaired) electrons. The molecule has 1 aromatic heterocycles. The molecule has 0 spiro atoms. The van der Waals surface area contributed by atoms with E-state index < -0.39 is 0 Å². The Balaban J connectivity index is 1.43. The zero-order valence-corrected chi connectivity index (χ0v) is 13.8. The van der Waals surface area contributed by atoms with Crippen molar-refractivity contribution in [3.8, 4) is 11.5 Å². The second kappa shape index (κ2) is 7.22. The first-order chi connectivity index (χ1) is 12.8. The third-order valence-electron chi connectivity index (χ3n) is 3.74. The Hall–Kier alpha value is -3.42. The summed E-state index contributed by atoms with van der Waals surface area (Å²) in [7, 11) is 0. The van der Waals surface area contributed by atoms with Crippen LogP contribution in [0.4, 0.5) is 21.8 Å². The summed E-state index contributed by atoms with van der Waals surface area (Å²) in [5.41, 5.74) is 1.71. The van der Waals surface area contributed by atoms with E-state index in [1.54, 1.807) is 12.1 Å². The van der Waals surface area contributed by atoms with Crippen molar-refractivity contribution in [3.63, 3.8) is 0 Å². The van der Waals surface area contributed by atoms with Crippen LogP contribution in [-0.4, -0.2) is 28.4 Å². The highest BCUT2D eigenvalue weighted by atomic mass is 19.1. The molecular weight excluding hydrogens is 337 g/mol. The van der Waals surface area contributed by atoms with Crippen molar-refractivity contribution < 1.29 is 13.9 Å². The molecule has 0 bridgehead atoms. The van der Waals surface area contributed by atoms with Crippen LogP contribution >= 0.6 is 0 Å². The first-order valence-electron chi connectivity index (χ1n) is 8.11. The van der Waals surface area contributed by atoms with E-state index in [2.05, 4.69) is 25.8 Å². The number of benzene rings is 2. The summed E-state index contributed by atoms with van der Waals surface area (Å²) in [6.45, 7) is 1.58. The zero-order valence-electron chi connectivity index (χ0n) is 13.8. The van der Waals surface area contributed by atoms with Crippen molar-refractivity contribution in [1.29, 1.82) is 0 Å². The lowest BCUT2D eigenvalue weighted by molar-refractivity contribution is 0.171. The van der Waals surface area contributed by atoms with Gasteiger partial charge in [-0.2, -0.15) is 10.1 Å². The van der Waals surface area contributed by atoms with Gasteiger partial charge in [-0.25, -0.2) is 4.39 Å². The Morgan fingerprint density at radius 3 is 2.65 bits per heavy atom. The van der Waals surface area contributed by atoms with Gasteiger partial charge in [-0.3, -0.25) is 0 Å². The van der Waals surface area contributed by atoms with Crippen molar-refractivity contribution in [1.82, 2.24) is 15.2 Å². The summed E-state index contributed by atoms with van der Waals surface area (Å²) >= 11 is 0. The number of rotatable bonds is 5.